The Labute approximate surface area is 139 Å². The van der Waals surface area contributed by atoms with Crippen molar-refractivity contribution in [1.82, 2.24) is 0 Å². The quantitative estimate of drug-likeness (QED) is 0.651. The molecule has 124 valence electrons. The largest absolute Gasteiger partial charge is 0.490 e. The van der Waals surface area contributed by atoms with Gasteiger partial charge in [-0.3, -0.25) is 0 Å². The fourth-order valence-electron chi connectivity index (χ4n) is 2.43. The molecular formula is C20H26O3. The summed E-state index contributed by atoms with van der Waals surface area (Å²) in [7, 11) is 1.70. The maximum Gasteiger partial charge on any atom is 0.162 e. The second kappa shape index (κ2) is 8.59. The second-order valence-electron chi connectivity index (χ2n) is 5.84. The maximum absolute atomic E-state index is 5.96. The van der Waals surface area contributed by atoms with Crippen molar-refractivity contribution in [2.24, 2.45) is 0 Å². The molecule has 2 aromatic rings. The number of aryl methyl sites for hydroxylation is 1. The Bertz CT molecular complexity index is 606. The van der Waals surface area contributed by atoms with E-state index in [1.165, 1.54) is 16.7 Å². The lowest BCUT2D eigenvalue weighted by Crippen LogP contribution is -2.09. The number of rotatable bonds is 8. The number of ether oxygens (including phenoxy) is 3. The molecule has 0 aliphatic carbocycles. The molecule has 0 N–H and O–H groups in total. The summed E-state index contributed by atoms with van der Waals surface area (Å²) < 4.78 is 16.9. The molecule has 2 aromatic carbocycles. The van der Waals surface area contributed by atoms with E-state index in [-0.39, 0.29) is 6.10 Å². The van der Waals surface area contributed by atoms with E-state index in [2.05, 4.69) is 31.2 Å². The summed E-state index contributed by atoms with van der Waals surface area (Å²) in [5.41, 5.74) is 3.53. The molecule has 0 saturated heterocycles. The molecule has 0 atom stereocenters. The van der Waals surface area contributed by atoms with Crippen molar-refractivity contribution < 1.29 is 14.2 Å². The summed E-state index contributed by atoms with van der Waals surface area (Å²) >= 11 is 0. The van der Waals surface area contributed by atoms with Gasteiger partial charge in [-0.1, -0.05) is 30.3 Å². The lowest BCUT2D eigenvalue weighted by atomic mass is 10.00. The van der Waals surface area contributed by atoms with E-state index in [1.54, 1.807) is 7.11 Å². The number of methoxy groups -OCH3 is 1. The van der Waals surface area contributed by atoms with E-state index < -0.39 is 0 Å². The van der Waals surface area contributed by atoms with Gasteiger partial charge in [0.15, 0.2) is 11.5 Å². The highest BCUT2D eigenvalue weighted by Crippen LogP contribution is 2.36. The van der Waals surface area contributed by atoms with Gasteiger partial charge in [0.25, 0.3) is 0 Å². The van der Waals surface area contributed by atoms with Crippen LogP contribution in [0.1, 0.15) is 25.8 Å². The van der Waals surface area contributed by atoms with Crippen LogP contribution in [0.15, 0.2) is 42.5 Å². The van der Waals surface area contributed by atoms with Crippen molar-refractivity contribution in [2.45, 2.75) is 33.3 Å². The minimum absolute atomic E-state index is 0.0997. The van der Waals surface area contributed by atoms with Gasteiger partial charge in [-0.15, -0.1) is 0 Å². The number of hydrogen-bond acceptors (Lipinski definition) is 3. The molecule has 0 aliphatic rings. The van der Waals surface area contributed by atoms with Crippen LogP contribution in [0.25, 0.3) is 11.1 Å². The zero-order valence-corrected chi connectivity index (χ0v) is 14.5. The Balaban J connectivity index is 2.29. The molecule has 0 heterocycles. The summed E-state index contributed by atoms with van der Waals surface area (Å²) in [6.07, 6.45) is 0.958. The standard InChI is InChI=1S/C20H26O3/c1-15(2)23-20-14-18(17-9-6-5-7-10-17)16(3)13-19(20)22-12-8-11-21-4/h5-7,9-10,13-15H,8,11-12H2,1-4H3. The van der Waals surface area contributed by atoms with Gasteiger partial charge in [0.05, 0.1) is 12.7 Å². The lowest BCUT2D eigenvalue weighted by molar-refractivity contribution is 0.167. The monoisotopic (exact) mass is 314 g/mol. The lowest BCUT2D eigenvalue weighted by Gasteiger charge is -2.18. The highest BCUT2D eigenvalue weighted by atomic mass is 16.5. The zero-order valence-electron chi connectivity index (χ0n) is 14.5. The zero-order chi connectivity index (χ0) is 16.7. The first-order valence-electron chi connectivity index (χ1n) is 8.10. The van der Waals surface area contributed by atoms with E-state index in [0.717, 1.165) is 17.9 Å². The molecule has 23 heavy (non-hydrogen) atoms. The van der Waals surface area contributed by atoms with Crippen LogP contribution in [-0.2, 0) is 4.74 Å². The van der Waals surface area contributed by atoms with Crippen molar-refractivity contribution in [3.8, 4) is 22.6 Å². The van der Waals surface area contributed by atoms with E-state index >= 15 is 0 Å². The van der Waals surface area contributed by atoms with Crippen LogP contribution in [0.3, 0.4) is 0 Å². The van der Waals surface area contributed by atoms with Crippen LogP contribution >= 0.6 is 0 Å². The number of hydrogen-bond donors (Lipinski definition) is 0. The molecule has 0 spiro atoms. The van der Waals surface area contributed by atoms with Gasteiger partial charge in [0.2, 0.25) is 0 Å². The molecule has 3 heteroatoms. The summed E-state index contributed by atoms with van der Waals surface area (Å²) in [6.45, 7) is 7.46. The van der Waals surface area contributed by atoms with Crippen LogP contribution in [0, 0.1) is 6.92 Å². The summed E-state index contributed by atoms with van der Waals surface area (Å²) in [4.78, 5) is 0. The van der Waals surface area contributed by atoms with Crippen LogP contribution in [0.5, 0.6) is 11.5 Å². The third-order valence-corrected chi connectivity index (χ3v) is 3.49. The predicted octanol–water partition coefficient (Wildman–Crippen LogP) is 4.86. The minimum atomic E-state index is 0.0997. The average Bonchev–Trinajstić information content (AvgIpc) is 2.54. The van der Waals surface area contributed by atoms with E-state index in [4.69, 9.17) is 14.2 Å². The second-order valence-corrected chi connectivity index (χ2v) is 5.84. The van der Waals surface area contributed by atoms with E-state index in [9.17, 15) is 0 Å². The SMILES string of the molecule is COCCCOc1cc(C)c(-c2ccccc2)cc1OC(C)C. The molecule has 0 radical (unpaired) electrons. The topological polar surface area (TPSA) is 27.7 Å². The van der Waals surface area contributed by atoms with E-state index in [1.807, 2.05) is 32.0 Å². The first-order chi connectivity index (χ1) is 11.1. The van der Waals surface area contributed by atoms with Gasteiger partial charge in [-0.25, -0.2) is 0 Å². The summed E-state index contributed by atoms with van der Waals surface area (Å²) in [5.74, 6) is 1.59. The normalized spacial score (nSPS) is 10.8. The van der Waals surface area contributed by atoms with Crippen molar-refractivity contribution in [1.29, 1.82) is 0 Å². The third-order valence-electron chi connectivity index (χ3n) is 3.49. The molecule has 0 aromatic heterocycles. The Morgan fingerprint density at radius 2 is 1.70 bits per heavy atom. The Kier molecular flexibility index (Phi) is 6.48. The average molecular weight is 314 g/mol. The highest BCUT2D eigenvalue weighted by Gasteiger charge is 2.12. The molecule has 0 bridgehead atoms. The van der Waals surface area contributed by atoms with Crippen LogP contribution < -0.4 is 9.47 Å². The fourth-order valence-corrected chi connectivity index (χ4v) is 2.43. The van der Waals surface area contributed by atoms with Crippen molar-refractivity contribution in [3.63, 3.8) is 0 Å². The van der Waals surface area contributed by atoms with Gasteiger partial charge in [-0.05, 0) is 49.6 Å². The molecule has 0 saturated carbocycles. The van der Waals surface area contributed by atoms with E-state index in [0.29, 0.717) is 13.2 Å². The van der Waals surface area contributed by atoms with Gasteiger partial charge in [0.1, 0.15) is 0 Å². The summed E-state index contributed by atoms with van der Waals surface area (Å²) in [6, 6.07) is 14.5. The van der Waals surface area contributed by atoms with Crippen LogP contribution in [0.4, 0.5) is 0 Å². The van der Waals surface area contributed by atoms with Crippen molar-refractivity contribution in [3.05, 3.63) is 48.0 Å². The molecule has 0 aliphatic heterocycles. The molecule has 0 unspecified atom stereocenters. The smallest absolute Gasteiger partial charge is 0.162 e. The Hall–Kier alpha value is -2.00. The Morgan fingerprint density at radius 3 is 2.35 bits per heavy atom. The van der Waals surface area contributed by atoms with Gasteiger partial charge < -0.3 is 14.2 Å². The maximum atomic E-state index is 5.96. The molecule has 2 rings (SSSR count). The highest BCUT2D eigenvalue weighted by molar-refractivity contribution is 5.71. The van der Waals surface area contributed by atoms with Gasteiger partial charge in [-0.2, -0.15) is 0 Å². The molecule has 3 nitrogen and oxygen atoms in total. The number of benzene rings is 2. The minimum Gasteiger partial charge on any atom is -0.490 e. The Morgan fingerprint density at radius 1 is 0.957 bits per heavy atom. The molecular weight excluding hydrogens is 288 g/mol. The van der Waals surface area contributed by atoms with Crippen molar-refractivity contribution >= 4 is 0 Å². The first-order valence-corrected chi connectivity index (χ1v) is 8.10. The third kappa shape index (κ3) is 5.00. The van der Waals surface area contributed by atoms with Gasteiger partial charge >= 0.3 is 0 Å². The molecule has 0 fully saturated rings. The summed E-state index contributed by atoms with van der Waals surface area (Å²) in [5, 5.41) is 0. The van der Waals surface area contributed by atoms with Gasteiger partial charge in [0, 0.05) is 20.1 Å². The van der Waals surface area contributed by atoms with Crippen LogP contribution in [0.2, 0.25) is 0 Å². The van der Waals surface area contributed by atoms with Crippen LogP contribution in [-0.4, -0.2) is 26.4 Å². The molecule has 0 amide bonds. The predicted molar refractivity (Wildman–Crippen MR) is 94.4 cm³/mol. The first kappa shape index (κ1) is 17.4. The fraction of sp³-hybridized carbons (Fsp3) is 0.400. The van der Waals surface area contributed by atoms with Crippen molar-refractivity contribution in [2.75, 3.05) is 20.3 Å².